The van der Waals surface area contributed by atoms with Crippen LogP contribution in [0.2, 0.25) is 0 Å². The highest BCUT2D eigenvalue weighted by molar-refractivity contribution is 6.25. The third-order valence-corrected chi connectivity index (χ3v) is 28.3. The highest BCUT2D eigenvalue weighted by Crippen LogP contribution is 2.50. The Bertz CT molecular complexity index is 9730. The molecule has 6 heteroatoms. The first kappa shape index (κ1) is 76.7. The summed E-state index contributed by atoms with van der Waals surface area (Å²) >= 11 is 0. The summed E-state index contributed by atoms with van der Waals surface area (Å²) in [7, 11) is 0. The van der Waals surface area contributed by atoms with E-state index in [4.69, 9.17) is 17.7 Å². The molecule has 0 spiro atoms. The molecule has 0 saturated heterocycles. The molecule has 0 fully saturated rings. The molecule has 632 valence electrons. The lowest BCUT2D eigenvalue weighted by atomic mass is 9.86. The summed E-state index contributed by atoms with van der Waals surface area (Å²) in [5.41, 5.74) is 35.4. The Morgan fingerprint density at radius 3 is 0.574 bits per heavy atom. The van der Waals surface area contributed by atoms with E-state index in [1.165, 1.54) is 120 Å². The van der Waals surface area contributed by atoms with Crippen LogP contribution < -0.4 is 0 Å². The van der Waals surface area contributed by atoms with Crippen LogP contribution in [0.4, 0.5) is 0 Å². The molecule has 23 aromatic carbocycles. The molecule has 0 aliphatic heterocycles. The molecule has 0 aliphatic rings. The van der Waals surface area contributed by atoms with Gasteiger partial charge in [0.15, 0.2) is 0 Å². The molecule has 6 heterocycles. The van der Waals surface area contributed by atoms with Crippen molar-refractivity contribution in [1.82, 2.24) is 9.13 Å². The fourth-order valence-electron chi connectivity index (χ4n) is 22.1. The zero-order chi connectivity index (χ0) is 89.2. The van der Waals surface area contributed by atoms with Gasteiger partial charge in [0.25, 0.3) is 0 Å². The van der Waals surface area contributed by atoms with Gasteiger partial charge in [-0.2, -0.15) is 0 Å². The van der Waals surface area contributed by atoms with Crippen molar-refractivity contribution in [3.63, 3.8) is 0 Å². The van der Waals surface area contributed by atoms with E-state index >= 15 is 0 Å². The van der Waals surface area contributed by atoms with Crippen molar-refractivity contribution < 1.29 is 17.7 Å². The molecule has 136 heavy (non-hydrogen) atoms. The minimum atomic E-state index is 0.883. The predicted molar refractivity (Wildman–Crippen MR) is 570 cm³/mol. The standard InChI is InChI=1S/C68H41NO2.C62H37NO2/c1-3-14-42(15-4-1)44-28-33-65-59(39-44)60-41-48(30-35-66(60)71-65)46-27-32-62-57(38-46)56-37-45(47-29-34-64-58(40-47)51-20-11-12-25-63(51)70-64)26-31-61(56)69(62)50-19-13-18-49(36-50)68-54-23-9-7-21-52(54)67(43-16-5-2-6-17-43)53-22-8-10-24-55(53)68;1-2-13-38(14-3-1)61-47-19-4-6-21-49(47)62(50-22-7-5-20-48(50)61)43-15-12-16-44(33-43)63-55-29-25-39(41-27-31-59-53(36-41)45-17-8-10-23-57(45)64-59)34-51(55)52-35-40(26-30-56(52)63)42-28-32-60-54(37-42)46-18-9-11-24-58(46)65-60/h1-41H;1-37H. The predicted octanol–water partition coefficient (Wildman–Crippen LogP) is 36.8. The number of hydrogen-bond donors (Lipinski definition) is 0. The quantitative estimate of drug-likeness (QED) is 0.121. The van der Waals surface area contributed by atoms with Gasteiger partial charge < -0.3 is 26.8 Å². The van der Waals surface area contributed by atoms with E-state index in [1.807, 2.05) is 36.4 Å². The lowest BCUT2D eigenvalue weighted by Gasteiger charge is -2.18. The summed E-state index contributed by atoms with van der Waals surface area (Å²) < 4.78 is 30.0. The molecule has 29 rings (SSSR count). The number of para-hydroxylation sites is 3. The molecule has 0 saturated carbocycles. The van der Waals surface area contributed by atoms with Crippen LogP contribution in [0.15, 0.2) is 491 Å². The van der Waals surface area contributed by atoms with Crippen LogP contribution in [0.25, 0.3) is 286 Å². The molecule has 0 unspecified atom stereocenters. The molecule has 0 atom stereocenters. The minimum Gasteiger partial charge on any atom is -0.456 e. The lowest BCUT2D eigenvalue weighted by Crippen LogP contribution is -1.95. The van der Waals surface area contributed by atoms with E-state index < -0.39 is 0 Å². The van der Waals surface area contributed by atoms with E-state index in [0.29, 0.717) is 0 Å². The average molecular weight is 1730 g/mol. The maximum Gasteiger partial charge on any atom is 0.135 e. The van der Waals surface area contributed by atoms with Gasteiger partial charge >= 0.3 is 0 Å². The first-order valence-electron chi connectivity index (χ1n) is 46.5. The first-order chi connectivity index (χ1) is 67.4. The second-order valence-corrected chi connectivity index (χ2v) is 35.9. The summed E-state index contributed by atoms with van der Waals surface area (Å²) in [5, 5.41) is 23.7. The molecule has 0 N–H and O–H groups in total. The number of nitrogens with zero attached hydrogens (tertiary/aromatic N) is 2. The van der Waals surface area contributed by atoms with Gasteiger partial charge in [-0.15, -0.1) is 0 Å². The SMILES string of the molecule is c1ccc(-c2c3ccccc3c(-c3cccc(-n4c5ccc(-c6ccc7oc8ccccc8c7c6)cc5c5cc(-c6ccc7oc8ccccc8c7c6)ccc54)c3)c3ccccc23)cc1.c1ccc(-c2ccc3oc4ccc(-c5ccc6c(c5)c5cc(-c7ccc8oc9ccccc9c8c7)ccc5n6-c5cccc(-c6c7ccccc7c(-c7ccccc7)c7ccccc67)c5)cc4c3c2)cc1. The number of fused-ring (bicyclic) bond motifs is 22. The van der Waals surface area contributed by atoms with Crippen LogP contribution in [-0.2, 0) is 0 Å². The number of aromatic nitrogens is 2. The van der Waals surface area contributed by atoms with Gasteiger partial charge in [0.1, 0.15) is 44.7 Å². The van der Waals surface area contributed by atoms with Crippen LogP contribution in [0, 0.1) is 0 Å². The molecule has 0 amide bonds. The van der Waals surface area contributed by atoms with E-state index in [1.54, 1.807) is 0 Å². The average Bonchev–Trinajstić information content (AvgIpc) is 1.67. The summed E-state index contributed by atoms with van der Waals surface area (Å²) in [6.45, 7) is 0. The van der Waals surface area contributed by atoms with E-state index in [2.05, 4.69) is 446 Å². The molecule has 0 bridgehead atoms. The van der Waals surface area contributed by atoms with Gasteiger partial charge in [-0.25, -0.2) is 0 Å². The topological polar surface area (TPSA) is 62.4 Å². The van der Waals surface area contributed by atoms with Crippen LogP contribution in [0.5, 0.6) is 0 Å². The van der Waals surface area contributed by atoms with Gasteiger partial charge in [-0.05, 0) is 295 Å². The van der Waals surface area contributed by atoms with Crippen LogP contribution in [-0.4, -0.2) is 9.13 Å². The monoisotopic (exact) mass is 1730 g/mol. The molecule has 0 radical (unpaired) electrons. The fourth-order valence-corrected chi connectivity index (χ4v) is 22.1. The lowest BCUT2D eigenvalue weighted by molar-refractivity contribution is 0.668. The maximum absolute atomic E-state index is 6.42. The molecule has 6 nitrogen and oxygen atoms in total. The zero-order valence-electron chi connectivity index (χ0n) is 73.6. The first-order valence-corrected chi connectivity index (χ1v) is 46.5. The van der Waals surface area contributed by atoms with E-state index in [0.717, 1.165) is 166 Å². The van der Waals surface area contributed by atoms with Gasteiger partial charge in [0.05, 0.1) is 22.1 Å². The Kier molecular flexibility index (Phi) is 17.4. The highest BCUT2D eigenvalue weighted by atomic mass is 16.3. The minimum absolute atomic E-state index is 0.883. The Hall–Kier alpha value is -18.1. The van der Waals surface area contributed by atoms with Crippen molar-refractivity contribution >= 4 is 174 Å². The van der Waals surface area contributed by atoms with Gasteiger partial charge in [0.2, 0.25) is 0 Å². The normalized spacial score (nSPS) is 12.0. The van der Waals surface area contributed by atoms with Gasteiger partial charge in [0, 0.05) is 76.0 Å². The Labute approximate surface area is 780 Å². The van der Waals surface area contributed by atoms with E-state index in [9.17, 15) is 0 Å². The van der Waals surface area contributed by atoms with Gasteiger partial charge in [-0.3, -0.25) is 0 Å². The molecule has 29 aromatic rings. The molecule has 0 aliphatic carbocycles. The van der Waals surface area contributed by atoms with Crippen molar-refractivity contribution in [2.45, 2.75) is 0 Å². The maximum atomic E-state index is 6.42. The van der Waals surface area contributed by atoms with Crippen LogP contribution in [0.1, 0.15) is 0 Å². The number of hydrogen-bond acceptors (Lipinski definition) is 4. The second-order valence-electron chi connectivity index (χ2n) is 35.9. The molecule has 6 aromatic heterocycles. The Balaban J connectivity index is 0.000000135. The third-order valence-electron chi connectivity index (χ3n) is 28.3. The summed E-state index contributed by atoms with van der Waals surface area (Å²) in [5.74, 6) is 0. The Morgan fingerprint density at radius 1 is 0.110 bits per heavy atom. The number of rotatable bonds is 11. The van der Waals surface area contributed by atoms with Gasteiger partial charge in [-0.1, -0.05) is 322 Å². The molecular formula is C130H78N2O4. The van der Waals surface area contributed by atoms with Crippen molar-refractivity contribution in [2.24, 2.45) is 0 Å². The smallest absolute Gasteiger partial charge is 0.135 e. The second kappa shape index (κ2) is 30.8. The summed E-state index contributed by atoms with van der Waals surface area (Å²) in [4.78, 5) is 0. The fraction of sp³-hybridized carbons (Fsp3) is 0. The van der Waals surface area contributed by atoms with Crippen LogP contribution in [0.3, 0.4) is 0 Å². The summed E-state index contributed by atoms with van der Waals surface area (Å²) in [6, 6.07) is 172. The van der Waals surface area contributed by atoms with E-state index in [-0.39, 0.29) is 0 Å². The Morgan fingerprint density at radius 2 is 0.301 bits per heavy atom. The van der Waals surface area contributed by atoms with Crippen molar-refractivity contribution in [3.8, 4) is 112 Å². The van der Waals surface area contributed by atoms with Crippen molar-refractivity contribution in [1.29, 1.82) is 0 Å². The number of benzene rings is 23. The highest BCUT2D eigenvalue weighted by Gasteiger charge is 2.25. The zero-order valence-corrected chi connectivity index (χ0v) is 73.6. The largest absolute Gasteiger partial charge is 0.456 e. The van der Waals surface area contributed by atoms with Crippen molar-refractivity contribution in [3.05, 3.63) is 473 Å². The van der Waals surface area contributed by atoms with Crippen LogP contribution >= 0.6 is 0 Å². The molecular weight excluding hydrogens is 1650 g/mol. The summed E-state index contributed by atoms with van der Waals surface area (Å²) in [6.07, 6.45) is 0. The third kappa shape index (κ3) is 12.4. The number of furan rings is 4. The van der Waals surface area contributed by atoms with Crippen molar-refractivity contribution in [2.75, 3.05) is 0 Å².